The molecular formula is C28H38N2O3. The molecule has 2 aliphatic rings. The van der Waals surface area contributed by atoms with Crippen molar-refractivity contribution in [2.24, 2.45) is 5.41 Å². The van der Waals surface area contributed by atoms with Gasteiger partial charge in [-0.05, 0) is 76.7 Å². The first kappa shape index (κ1) is 23.6. The second kappa shape index (κ2) is 11.1. The molecule has 1 saturated heterocycles. The van der Waals surface area contributed by atoms with Gasteiger partial charge >= 0.3 is 0 Å². The lowest BCUT2D eigenvalue weighted by molar-refractivity contribution is -0.135. The minimum absolute atomic E-state index is 0.0158. The van der Waals surface area contributed by atoms with E-state index in [1.807, 2.05) is 38.1 Å². The number of hydrogen-bond acceptors (Lipinski definition) is 4. The number of piperidine rings is 1. The van der Waals surface area contributed by atoms with Crippen LogP contribution >= 0.6 is 0 Å². The number of para-hydroxylation sites is 2. The number of nitrogens with one attached hydrogen (secondary N) is 1. The van der Waals surface area contributed by atoms with Crippen LogP contribution in [0.5, 0.6) is 11.5 Å². The van der Waals surface area contributed by atoms with Crippen LogP contribution in [0.4, 0.5) is 0 Å². The molecule has 0 saturated carbocycles. The molecule has 33 heavy (non-hydrogen) atoms. The molecule has 0 bridgehead atoms. The van der Waals surface area contributed by atoms with Crippen molar-refractivity contribution in [3.8, 4) is 11.5 Å². The van der Waals surface area contributed by atoms with E-state index in [4.69, 9.17) is 9.47 Å². The highest BCUT2D eigenvalue weighted by Crippen LogP contribution is 2.38. The molecular weight excluding hydrogens is 412 g/mol. The first-order valence-electron chi connectivity index (χ1n) is 12.5. The first-order chi connectivity index (χ1) is 16.1. The van der Waals surface area contributed by atoms with E-state index in [9.17, 15) is 4.79 Å². The van der Waals surface area contributed by atoms with Crippen molar-refractivity contribution in [3.63, 3.8) is 0 Å². The van der Waals surface area contributed by atoms with E-state index >= 15 is 0 Å². The van der Waals surface area contributed by atoms with E-state index in [1.54, 1.807) is 0 Å². The van der Waals surface area contributed by atoms with E-state index < -0.39 is 0 Å². The monoisotopic (exact) mass is 450 g/mol. The summed E-state index contributed by atoms with van der Waals surface area (Å²) in [5, 5.41) is 3.28. The molecule has 1 spiro atoms. The molecule has 5 nitrogen and oxygen atoms in total. The standard InChI is InChI=1S/C28H38N2O3/c1-3-32-26-14-7-5-12-24(26)20-30-18-16-28(17-19-30)15-9-8-11-23-10-4-6-13-25(23)33-21-22(2)29-27(28)31/h4-7,10,12-14,22H,3,8-9,11,15-21H2,1-2H3,(H,29,31)/t22-/m1/s1. The van der Waals surface area contributed by atoms with Crippen molar-refractivity contribution in [2.45, 2.75) is 65.0 Å². The Balaban J connectivity index is 1.42. The second-order valence-corrected chi connectivity index (χ2v) is 9.60. The Morgan fingerprint density at radius 1 is 1.06 bits per heavy atom. The lowest BCUT2D eigenvalue weighted by atomic mass is 9.73. The molecule has 2 aliphatic heterocycles. The number of aryl methyl sites for hydroxylation is 1. The van der Waals surface area contributed by atoms with Crippen LogP contribution in [0.15, 0.2) is 48.5 Å². The molecule has 2 aromatic carbocycles. The van der Waals surface area contributed by atoms with E-state index in [1.165, 1.54) is 11.1 Å². The Morgan fingerprint density at radius 2 is 1.82 bits per heavy atom. The molecule has 0 unspecified atom stereocenters. The summed E-state index contributed by atoms with van der Waals surface area (Å²) >= 11 is 0. The fourth-order valence-electron chi connectivity index (χ4n) is 5.16. The van der Waals surface area contributed by atoms with Gasteiger partial charge in [0.05, 0.1) is 18.1 Å². The Hall–Kier alpha value is -2.53. The predicted octanol–water partition coefficient (Wildman–Crippen LogP) is 4.98. The predicted molar refractivity (Wildman–Crippen MR) is 132 cm³/mol. The van der Waals surface area contributed by atoms with Crippen molar-refractivity contribution in [2.75, 3.05) is 26.3 Å². The van der Waals surface area contributed by atoms with Gasteiger partial charge in [0, 0.05) is 12.1 Å². The largest absolute Gasteiger partial charge is 0.494 e. The molecule has 1 atom stereocenters. The summed E-state index contributed by atoms with van der Waals surface area (Å²) in [7, 11) is 0. The average Bonchev–Trinajstić information content (AvgIpc) is 2.83. The topological polar surface area (TPSA) is 50.8 Å². The maximum atomic E-state index is 13.5. The minimum Gasteiger partial charge on any atom is -0.494 e. The van der Waals surface area contributed by atoms with Gasteiger partial charge in [-0.25, -0.2) is 0 Å². The lowest BCUT2D eigenvalue weighted by Crippen LogP contribution is -2.51. The molecule has 1 N–H and O–H groups in total. The van der Waals surface area contributed by atoms with Gasteiger partial charge in [-0.2, -0.15) is 0 Å². The van der Waals surface area contributed by atoms with Crippen molar-refractivity contribution in [3.05, 3.63) is 59.7 Å². The lowest BCUT2D eigenvalue weighted by Gasteiger charge is -2.41. The Morgan fingerprint density at radius 3 is 2.64 bits per heavy atom. The number of benzene rings is 2. The van der Waals surface area contributed by atoms with Gasteiger partial charge in [-0.1, -0.05) is 42.8 Å². The summed E-state index contributed by atoms with van der Waals surface area (Å²) in [6, 6.07) is 16.6. The number of ether oxygens (including phenoxy) is 2. The highest BCUT2D eigenvalue weighted by molar-refractivity contribution is 5.83. The van der Waals surface area contributed by atoms with Crippen LogP contribution in [0.3, 0.4) is 0 Å². The zero-order valence-electron chi connectivity index (χ0n) is 20.1. The SMILES string of the molecule is CCOc1ccccc1CN1CCC2(CCCCc3ccccc3OC[C@@H](C)NC2=O)CC1. The number of amides is 1. The Labute approximate surface area is 198 Å². The van der Waals surface area contributed by atoms with Gasteiger partial charge in [0.25, 0.3) is 0 Å². The third-order valence-electron chi connectivity index (χ3n) is 7.15. The summed E-state index contributed by atoms with van der Waals surface area (Å²) in [5.74, 6) is 2.13. The van der Waals surface area contributed by atoms with E-state index in [0.717, 1.165) is 69.7 Å². The Bertz CT molecular complexity index is 921. The van der Waals surface area contributed by atoms with Gasteiger partial charge < -0.3 is 14.8 Å². The molecule has 178 valence electrons. The summed E-state index contributed by atoms with van der Waals surface area (Å²) in [6.45, 7) is 7.97. The van der Waals surface area contributed by atoms with Crippen LogP contribution in [0.25, 0.3) is 0 Å². The molecule has 4 rings (SSSR count). The van der Waals surface area contributed by atoms with Gasteiger partial charge in [0.1, 0.15) is 18.1 Å². The number of carbonyl (C=O) groups excluding carboxylic acids is 1. The maximum absolute atomic E-state index is 13.5. The van der Waals surface area contributed by atoms with E-state index in [0.29, 0.717) is 13.2 Å². The zero-order chi connectivity index (χ0) is 23.1. The van der Waals surface area contributed by atoms with Crippen molar-refractivity contribution < 1.29 is 14.3 Å². The normalized spacial score (nSPS) is 21.8. The number of fused-ring (bicyclic) bond motifs is 1. The number of carbonyl (C=O) groups is 1. The van der Waals surface area contributed by atoms with Crippen molar-refractivity contribution in [1.29, 1.82) is 0 Å². The highest BCUT2D eigenvalue weighted by Gasteiger charge is 2.41. The first-order valence-corrected chi connectivity index (χ1v) is 12.5. The van der Waals surface area contributed by atoms with Crippen LogP contribution in [0.2, 0.25) is 0 Å². The van der Waals surface area contributed by atoms with Crippen LogP contribution in [-0.2, 0) is 17.8 Å². The third kappa shape index (κ3) is 5.89. The van der Waals surface area contributed by atoms with E-state index in [2.05, 4.69) is 34.5 Å². The molecule has 0 aromatic heterocycles. The molecule has 1 fully saturated rings. The number of hydrogen-bond donors (Lipinski definition) is 1. The quantitative estimate of drug-likeness (QED) is 0.714. The van der Waals surface area contributed by atoms with Crippen LogP contribution < -0.4 is 14.8 Å². The van der Waals surface area contributed by atoms with Crippen molar-refractivity contribution >= 4 is 5.91 Å². The molecule has 0 radical (unpaired) electrons. The fourth-order valence-corrected chi connectivity index (χ4v) is 5.16. The molecule has 2 aromatic rings. The molecule has 2 heterocycles. The highest BCUT2D eigenvalue weighted by atomic mass is 16.5. The minimum atomic E-state index is -0.275. The summed E-state index contributed by atoms with van der Waals surface area (Å²) in [5.41, 5.74) is 2.22. The Kier molecular flexibility index (Phi) is 7.92. The van der Waals surface area contributed by atoms with E-state index in [-0.39, 0.29) is 17.4 Å². The van der Waals surface area contributed by atoms with Crippen LogP contribution in [0.1, 0.15) is 57.1 Å². The molecule has 0 aliphatic carbocycles. The number of rotatable bonds is 4. The van der Waals surface area contributed by atoms with Gasteiger partial charge in [0.2, 0.25) is 5.91 Å². The van der Waals surface area contributed by atoms with Crippen LogP contribution in [-0.4, -0.2) is 43.2 Å². The summed E-state index contributed by atoms with van der Waals surface area (Å²) in [6.07, 6.45) is 5.90. The van der Waals surface area contributed by atoms with Crippen molar-refractivity contribution in [1.82, 2.24) is 10.2 Å². The number of nitrogens with zero attached hydrogens (tertiary/aromatic N) is 1. The maximum Gasteiger partial charge on any atom is 0.226 e. The second-order valence-electron chi connectivity index (χ2n) is 9.60. The fraction of sp³-hybridized carbons (Fsp3) is 0.536. The van der Waals surface area contributed by atoms with Gasteiger partial charge in [-0.3, -0.25) is 9.69 Å². The molecule has 5 heteroatoms. The van der Waals surface area contributed by atoms with Crippen LogP contribution in [0, 0.1) is 5.41 Å². The van der Waals surface area contributed by atoms with Gasteiger partial charge in [0.15, 0.2) is 0 Å². The summed E-state index contributed by atoms with van der Waals surface area (Å²) in [4.78, 5) is 15.9. The van der Waals surface area contributed by atoms with Gasteiger partial charge in [-0.15, -0.1) is 0 Å². The third-order valence-corrected chi connectivity index (χ3v) is 7.15. The summed E-state index contributed by atoms with van der Waals surface area (Å²) < 4.78 is 11.9. The smallest absolute Gasteiger partial charge is 0.226 e. The number of likely N-dealkylation sites (tertiary alicyclic amines) is 1. The zero-order valence-corrected chi connectivity index (χ0v) is 20.1. The average molecular weight is 451 g/mol. The molecule has 1 amide bonds.